The topological polar surface area (TPSA) is 114 Å². The average Bonchev–Trinajstić information content (AvgIpc) is 3.32. The maximum atomic E-state index is 12.2. The zero-order valence-electron chi connectivity index (χ0n) is 21.9. The first-order chi connectivity index (χ1) is 17.3. The van der Waals surface area contributed by atoms with Gasteiger partial charge in [0.15, 0.2) is 0 Å². The number of aliphatic hydroxyl groups excluding tert-OH is 1. The fourth-order valence-electron chi connectivity index (χ4n) is 3.71. The molecule has 0 aliphatic heterocycles. The van der Waals surface area contributed by atoms with Crippen LogP contribution in [0.4, 0.5) is 4.79 Å². The summed E-state index contributed by atoms with van der Waals surface area (Å²) in [5, 5.41) is 13.4. The fourth-order valence-corrected chi connectivity index (χ4v) is 4.48. The Labute approximate surface area is 225 Å². The predicted molar refractivity (Wildman–Crippen MR) is 145 cm³/mol. The number of ether oxygens (including phenoxy) is 1. The molecule has 2 unspecified atom stereocenters. The Morgan fingerprint density at radius 1 is 1.08 bits per heavy atom. The van der Waals surface area contributed by atoms with E-state index in [2.05, 4.69) is 10.8 Å². The Balaban J connectivity index is 0.000000364. The number of halogens is 1. The van der Waals surface area contributed by atoms with Gasteiger partial charge >= 0.3 is 6.09 Å². The molecule has 10 heteroatoms. The molecule has 1 aliphatic carbocycles. The van der Waals surface area contributed by atoms with Crippen LogP contribution in [0.3, 0.4) is 0 Å². The van der Waals surface area contributed by atoms with Crippen molar-refractivity contribution in [2.24, 2.45) is 0 Å². The van der Waals surface area contributed by atoms with Crippen LogP contribution in [0.15, 0.2) is 59.5 Å². The summed E-state index contributed by atoms with van der Waals surface area (Å²) < 4.78 is 26.7. The van der Waals surface area contributed by atoms with E-state index in [0.717, 1.165) is 24.0 Å². The van der Waals surface area contributed by atoms with Gasteiger partial charge in [-0.25, -0.2) is 13.2 Å². The van der Waals surface area contributed by atoms with Crippen LogP contribution in [-0.2, 0) is 25.0 Å². The molecule has 0 saturated heterocycles. The summed E-state index contributed by atoms with van der Waals surface area (Å²) in [6.45, 7) is 7.55. The molecule has 0 aromatic heterocycles. The lowest BCUT2D eigenvalue weighted by atomic mass is 10.0. The predicted octanol–water partition coefficient (Wildman–Crippen LogP) is 4.87. The van der Waals surface area contributed by atoms with Crippen molar-refractivity contribution in [3.63, 3.8) is 0 Å². The van der Waals surface area contributed by atoms with Gasteiger partial charge in [0, 0.05) is 17.2 Å². The average molecular weight is 555 g/mol. The van der Waals surface area contributed by atoms with Crippen LogP contribution in [0.1, 0.15) is 57.6 Å². The molecule has 0 bridgehead atoms. The van der Waals surface area contributed by atoms with Gasteiger partial charge in [-0.05, 0) is 64.7 Å². The van der Waals surface area contributed by atoms with Crippen molar-refractivity contribution in [2.75, 3.05) is 6.54 Å². The molecule has 3 rings (SSSR count). The minimum atomic E-state index is -3.55. The Morgan fingerprint density at radius 2 is 1.68 bits per heavy atom. The van der Waals surface area contributed by atoms with Crippen LogP contribution in [-0.4, -0.2) is 50.0 Å². The molecular weight excluding hydrogens is 516 g/mol. The number of carbonyl (C=O) groups excluding carboxylic acids is 1. The normalized spacial score (nSPS) is 15.8. The third-order valence-electron chi connectivity index (χ3n) is 5.61. The molecule has 0 radical (unpaired) electrons. The smallest absolute Gasteiger partial charge is 0.407 e. The van der Waals surface area contributed by atoms with E-state index >= 15 is 0 Å². The van der Waals surface area contributed by atoms with E-state index in [1.165, 1.54) is 25.0 Å². The van der Waals surface area contributed by atoms with Crippen molar-refractivity contribution < 1.29 is 27.9 Å². The second-order valence-electron chi connectivity index (χ2n) is 10.1. The van der Waals surface area contributed by atoms with Crippen molar-refractivity contribution >= 4 is 25.8 Å². The number of nitrogens with one attached hydrogen (secondary N) is 2. The lowest BCUT2D eigenvalue weighted by molar-refractivity contribution is -0.0418. The van der Waals surface area contributed by atoms with Gasteiger partial charge in [-0.15, -0.1) is 0 Å². The SMILES string of the molecule is CC(C)(C)OC(=O)NC(Cc1ccccc1)C(O)CNOC1CCCC1.Cc1ccc(S(=O)(=O)Cl)cc1. The van der Waals surface area contributed by atoms with Crippen LogP contribution in [0.5, 0.6) is 0 Å². The summed E-state index contributed by atoms with van der Waals surface area (Å²) in [6.07, 6.45) is 3.86. The Morgan fingerprint density at radius 3 is 2.22 bits per heavy atom. The number of amides is 1. The minimum absolute atomic E-state index is 0.143. The van der Waals surface area contributed by atoms with Crippen molar-refractivity contribution in [1.29, 1.82) is 0 Å². The van der Waals surface area contributed by atoms with Gasteiger partial charge in [0.25, 0.3) is 9.05 Å². The molecule has 1 aliphatic rings. The first-order valence-corrected chi connectivity index (χ1v) is 14.8. The number of carbonyl (C=O) groups is 1. The Hall–Kier alpha value is -2.17. The highest BCUT2D eigenvalue weighted by atomic mass is 35.7. The summed E-state index contributed by atoms with van der Waals surface area (Å²) >= 11 is 0. The van der Waals surface area contributed by atoms with Gasteiger partial charge in [0.05, 0.1) is 23.1 Å². The highest BCUT2D eigenvalue weighted by Crippen LogP contribution is 2.20. The summed E-state index contributed by atoms with van der Waals surface area (Å²) in [5.41, 5.74) is 4.33. The zero-order valence-corrected chi connectivity index (χ0v) is 23.5. The molecule has 2 aromatic rings. The van der Waals surface area contributed by atoms with Gasteiger partial charge < -0.3 is 15.2 Å². The first-order valence-electron chi connectivity index (χ1n) is 12.4. The van der Waals surface area contributed by atoms with E-state index in [1.54, 1.807) is 12.1 Å². The molecule has 2 atom stereocenters. The van der Waals surface area contributed by atoms with E-state index in [9.17, 15) is 18.3 Å². The van der Waals surface area contributed by atoms with Gasteiger partial charge in [-0.3, -0.25) is 4.84 Å². The molecule has 0 spiro atoms. The molecule has 1 fully saturated rings. The van der Waals surface area contributed by atoms with Crippen LogP contribution < -0.4 is 10.8 Å². The maximum Gasteiger partial charge on any atom is 0.407 e. The van der Waals surface area contributed by atoms with E-state index in [4.69, 9.17) is 20.3 Å². The fraction of sp³-hybridized carbons (Fsp3) is 0.519. The molecule has 3 N–H and O–H groups in total. The largest absolute Gasteiger partial charge is 0.444 e. The number of rotatable bonds is 9. The minimum Gasteiger partial charge on any atom is -0.444 e. The van der Waals surface area contributed by atoms with Crippen LogP contribution in [0.2, 0.25) is 0 Å². The second kappa shape index (κ2) is 14.7. The van der Waals surface area contributed by atoms with E-state index in [0.29, 0.717) is 6.42 Å². The van der Waals surface area contributed by atoms with E-state index in [-0.39, 0.29) is 17.5 Å². The molecule has 1 saturated carbocycles. The quantitative estimate of drug-likeness (QED) is 0.299. The van der Waals surface area contributed by atoms with Crippen LogP contribution in [0.25, 0.3) is 0 Å². The number of aryl methyl sites for hydroxylation is 1. The number of hydroxylamine groups is 1. The second-order valence-corrected chi connectivity index (χ2v) is 12.7. The van der Waals surface area contributed by atoms with Crippen molar-refractivity contribution in [2.45, 2.75) is 88.5 Å². The lowest BCUT2D eigenvalue weighted by Crippen LogP contribution is -2.50. The number of hydrogen-bond donors (Lipinski definition) is 3. The summed E-state index contributed by atoms with van der Waals surface area (Å²) in [4.78, 5) is 17.9. The van der Waals surface area contributed by atoms with Gasteiger partial charge in [-0.2, -0.15) is 5.48 Å². The summed E-state index contributed by atoms with van der Waals surface area (Å²) in [6, 6.07) is 15.7. The first kappa shape index (κ1) is 31.1. The maximum absolute atomic E-state index is 12.2. The molecule has 2 aromatic carbocycles. The highest BCUT2D eigenvalue weighted by molar-refractivity contribution is 8.13. The molecule has 1 amide bonds. The van der Waals surface area contributed by atoms with Crippen LogP contribution in [0, 0.1) is 6.92 Å². The highest BCUT2D eigenvalue weighted by Gasteiger charge is 2.25. The van der Waals surface area contributed by atoms with Gasteiger partial charge in [0.1, 0.15) is 5.60 Å². The zero-order chi connectivity index (χ0) is 27.5. The number of hydrogen-bond acceptors (Lipinski definition) is 7. The Bertz CT molecular complexity index is 1050. The summed E-state index contributed by atoms with van der Waals surface area (Å²) in [7, 11) is 1.54. The van der Waals surface area contributed by atoms with E-state index in [1.807, 2.05) is 58.0 Å². The molecule has 8 nitrogen and oxygen atoms in total. The number of alkyl carbamates (subject to hydrolysis) is 1. The number of benzene rings is 2. The molecule has 206 valence electrons. The van der Waals surface area contributed by atoms with E-state index < -0.39 is 32.9 Å². The lowest BCUT2D eigenvalue weighted by Gasteiger charge is -2.27. The molecule has 37 heavy (non-hydrogen) atoms. The molecular formula is C27H39ClN2O6S. The standard InChI is InChI=1S/C20H32N2O4.C7H7ClO2S/c1-20(2,3)25-19(24)22-17(13-15-9-5-4-6-10-15)18(23)14-21-26-16-11-7-8-12-16;1-6-2-4-7(5-3-6)11(8,9)10/h4-6,9-10,16-18,21,23H,7-8,11-14H2,1-3H3,(H,22,24);2-5H,1H3. The van der Waals surface area contributed by atoms with Crippen LogP contribution >= 0.6 is 10.7 Å². The number of aliphatic hydroxyl groups is 1. The molecule has 0 heterocycles. The third-order valence-corrected chi connectivity index (χ3v) is 6.98. The van der Waals surface area contributed by atoms with Crippen molar-refractivity contribution in [3.05, 3.63) is 65.7 Å². The van der Waals surface area contributed by atoms with Gasteiger partial charge in [-0.1, -0.05) is 60.9 Å². The Kier molecular flexibility index (Phi) is 12.3. The monoisotopic (exact) mass is 554 g/mol. The van der Waals surface area contributed by atoms with Crippen molar-refractivity contribution in [3.8, 4) is 0 Å². The summed E-state index contributed by atoms with van der Waals surface area (Å²) in [5.74, 6) is 0. The van der Waals surface area contributed by atoms with Gasteiger partial charge in [0.2, 0.25) is 0 Å². The van der Waals surface area contributed by atoms with Crippen molar-refractivity contribution in [1.82, 2.24) is 10.8 Å². The third kappa shape index (κ3) is 12.8.